The van der Waals surface area contributed by atoms with Crippen LogP contribution in [0.3, 0.4) is 0 Å². The summed E-state index contributed by atoms with van der Waals surface area (Å²) in [6, 6.07) is 13.5. The second-order valence-corrected chi connectivity index (χ2v) is 24.0. The fraction of sp³-hybridized carbons (Fsp3) is 0.458. The largest absolute Gasteiger partial charge is 0.311 e. The number of allylic oxidation sites excluding steroid dienone is 1. The third-order valence-electron chi connectivity index (χ3n) is 11.5. The first kappa shape index (κ1) is 42.3. The Morgan fingerprint density at radius 2 is 1.47 bits per heavy atom. The van der Waals surface area contributed by atoms with E-state index in [0.29, 0.717) is 41.8 Å². The van der Waals surface area contributed by atoms with Crippen molar-refractivity contribution in [2.24, 2.45) is 28.7 Å². The summed E-state index contributed by atoms with van der Waals surface area (Å²) in [6.45, 7) is 27.5. The van der Waals surface area contributed by atoms with Crippen LogP contribution in [0.25, 0.3) is 36.8 Å². The van der Waals surface area contributed by atoms with Gasteiger partial charge in [0.2, 0.25) is 0 Å². The molecule has 310 valence electrons. The van der Waals surface area contributed by atoms with Crippen LogP contribution in [0.15, 0.2) is 63.1 Å². The van der Waals surface area contributed by atoms with Gasteiger partial charge >= 0.3 is 0 Å². The molecule has 1 unspecified atom stereocenters. The molecule has 1 aromatic carbocycles. The van der Waals surface area contributed by atoms with Gasteiger partial charge in [0, 0.05) is 70.4 Å². The van der Waals surface area contributed by atoms with Gasteiger partial charge in [-0.1, -0.05) is 62.3 Å². The molecule has 0 fully saturated rings. The minimum Gasteiger partial charge on any atom is -0.311 e. The smallest absolute Gasteiger partial charge is 0.261 e. The molecule has 0 radical (unpaired) electrons. The van der Waals surface area contributed by atoms with Crippen LogP contribution in [0.2, 0.25) is 0 Å². The third kappa shape index (κ3) is 7.88. The second-order valence-electron chi connectivity index (χ2n) is 18.5. The molecule has 0 aliphatic carbocycles. The fourth-order valence-corrected chi connectivity index (χ4v) is 14.8. The number of carbonyl (C=O) groups is 2. The lowest BCUT2D eigenvalue weighted by atomic mass is 9.85. The van der Waals surface area contributed by atoms with Gasteiger partial charge in [-0.3, -0.25) is 14.6 Å². The lowest BCUT2D eigenvalue weighted by Gasteiger charge is -2.25. The van der Waals surface area contributed by atoms with E-state index in [1.807, 2.05) is 62.5 Å². The standard InChI is InChI=1S/C48H56N4O2S5/c1-25(2)20-30-12-15-33(56-30)37-40(49-11)43(38-34-16-13-31(57-34)21-28(7)18-19-48(9,10)47-50-41(38)44(37)59-47)55-24-32-14-17-35(58-32)42-39-36(45(53)52(42)23-27(5)6)29(8)51(46(39)54)22-26(3)4/h12-17,25-28H,11,18-24H2,1-10H3. The third-order valence-corrected chi connectivity index (χ3v) is 17.6. The summed E-state index contributed by atoms with van der Waals surface area (Å²) >= 11 is 9.11. The van der Waals surface area contributed by atoms with Gasteiger partial charge in [-0.25, -0.2) is 4.98 Å². The highest BCUT2D eigenvalue weighted by atomic mass is 32.2. The van der Waals surface area contributed by atoms with E-state index in [1.165, 1.54) is 34.1 Å². The molecule has 5 aromatic rings. The Balaban J connectivity index is 1.26. The molecule has 4 bridgehead atoms. The molecule has 3 aliphatic rings. The van der Waals surface area contributed by atoms with E-state index >= 15 is 0 Å². The zero-order chi connectivity index (χ0) is 42.1. The quantitative estimate of drug-likeness (QED) is 0.0925. The number of hydrogen-bond donors (Lipinski definition) is 0. The number of fused-ring (bicyclic) bond motifs is 5. The average molecular weight is 881 g/mol. The molecule has 59 heavy (non-hydrogen) atoms. The SMILES string of the molecule is C=Nc1c(SCc2ccc(C3=C4C(=O)N(CC(C)C)C(C)=C4C(=O)N3CC(C)C)s2)c2c3nc(sc3c1-c1ccc(CC(C)C)s1)C(C)(C)CCC(C)Cc1ccc-2s1. The van der Waals surface area contributed by atoms with Gasteiger partial charge in [0.05, 0.1) is 42.6 Å². The lowest BCUT2D eigenvalue weighted by molar-refractivity contribution is -0.124. The monoisotopic (exact) mass is 880 g/mol. The lowest BCUT2D eigenvalue weighted by Crippen LogP contribution is -2.33. The van der Waals surface area contributed by atoms with Crippen LogP contribution < -0.4 is 0 Å². The van der Waals surface area contributed by atoms with Crippen LogP contribution in [-0.4, -0.2) is 46.4 Å². The van der Waals surface area contributed by atoms with E-state index < -0.39 is 0 Å². The zero-order valence-electron chi connectivity index (χ0n) is 36.1. The van der Waals surface area contributed by atoms with Crippen molar-refractivity contribution in [3.05, 3.63) is 77.8 Å². The van der Waals surface area contributed by atoms with Crippen LogP contribution in [0.4, 0.5) is 5.69 Å². The topological polar surface area (TPSA) is 65.9 Å². The number of thiophene rings is 3. The number of nitrogens with zero attached hydrogens (tertiary/aromatic N) is 4. The highest BCUT2D eigenvalue weighted by Crippen LogP contribution is 2.56. The Labute approximate surface area is 370 Å². The molecule has 3 aliphatic heterocycles. The Bertz CT molecular complexity index is 2540. The fourth-order valence-electron chi connectivity index (χ4n) is 8.62. The van der Waals surface area contributed by atoms with Crippen molar-refractivity contribution in [2.75, 3.05) is 13.1 Å². The van der Waals surface area contributed by atoms with Crippen molar-refractivity contribution in [2.45, 2.75) is 111 Å². The molecule has 4 aromatic heterocycles. The molecular formula is C48H56N4O2S5. The molecule has 11 heteroatoms. The summed E-state index contributed by atoms with van der Waals surface area (Å²) in [5.74, 6) is 2.26. The average Bonchev–Trinajstić information content (AvgIpc) is 4.03. The number of amides is 2. The van der Waals surface area contributed by atoms with E-state index in [1.54, 1.807) is 11.3 Å². The van der Waals surface area contributed by atoms with Crippen molar-refractivity contribution < 1.29 is 9.59 Å². The van der Waals surface area contributed by atoms with Crippen LogP contribution in [0.1, 0.15) is 107 Å². The summed E-state index contributed by atoms with van der Waals surface area (Å²) < 4.78 is 1.20. The number of thiazole rings is 1. The molecule has 2 amide bonds. The van der Waals surface area contributed by atoms with Crippen molar-refractivity contribution >= 4 is 97.2 Å². The maximum Gasteiger partial charge on any atom is 0.261 e. The Morgan fingerprint density at radius 3 is 2.19 bits per heavy atom. The highest BCUT2D eigenvalue weighted by Gasteiger charge is 2.47. The number of aromatic nitrogens is 1. The summed E-state index contributed by atoms with van der Waals surface area (Å²) in [7, 11) is 0. The van der Waals surface area contributed by atoms with Crippen LogP contribution >= 0.6 is 57.1 Å². The molecule has 7 heterocycles. The van der Waals surface area contributed by atoms with Crippen LogP contribution in [0.5, 0.6) is 0 Å². The first-order valence-corrected chi connectivity index (χ1v) is 25.3. The van der Waals surface area contributed by atoms with Crippen LogP contribution in [-0.2, 0) is 33.6 Å². The number of thioether (sulfide) groups is 1. The molecule has 0 saturated carbocycles. The Kier molecular flexibility index (Phi) is 11.8. The molecule has 1 atom stereocenters. The van der Waals surface area contributed by atoms with E-state index in [-0.39, 0.29) is 29.1 Å². The molecule has 0 spiro atoms. The maximum absolute atomic E-state index is 14.1. The second kappa shape index (κ2) is 16.5. The van der Waals surface area contributed by atoms with Crippen LogP contribution in [0, 0.1) is 23.7 Å². The van der Waals surface area contributed by atoms with Gasteiger partial charge < -0.3 is 9.80 Å². The van der Waals surface area contributed by atoms with Gasteiger partial charge in [0.1, 0.15) is 0 Å². The van der Waals surface area contributed by atoms with Gasteiger partial charge in [-0.05, 0) is 99.4 Å². The number of benzene rings is 1. The summed E-state index contributed by atoms with van der Waals surface area (Å²) in [6.07, 6.45) is 4.36. The van der Waals surface area contributed by atoms with E-state index in [4.69, 9.17) is 9.98 Å². The maximum atomic E-state index is 14.1. The van der Waals surface area contributed by atoms with E-state index in [2.05, 4.69) is 105 Å². The Morgan fingerprint density at radius 1 is 0.831 bits per heavy atom. The van der Waals surface area contributed by atoms with Crippen molar-refractivity contribution in [3.63, 3.8) is 0 Å². The molecule has 0 saturated heterocycles. The van der Waals surface area contributed by atoms with Gasteiger partial charge in [-0.15, -0.1) is 57.1 Å². The number of aliphatic imine (C=N–C) groups is 1. The summed E-state index contributed by atoms with van der Waals surface area (Å²) in [5.41, 5.74) is 6.92. The first-order chi connectivity index (χ1) is 28.1. The minimum absolute atomic E-state index is 0.0578. The first-order valence-electron chi connectivity index (χ1n) is 21.0. The minimum atomic E-state index is -0.0673. The van der Waals surface area contributed by atoms with E-state index in [0.717, 1.165) is 69.2 Å². The van der Waals surface area contributed by atoms with Crippen molar-refractivity contribution in [1.82, 2.24) is 14.8 Å². The van der Waals surface area contributed by atoms with E-state index in [9.17, 15) is 9.59 Å². The van der Waals surface area contributed by atoms with Gasteiger partial charge in [-0.2, -0.15) is 0 Å². The zero-order valence-corrected chi connectivity index (χ0v) is 40.2. The highest BCUT2D eigenvalue weighted by molar-refractivity contribution is 7.99. The number of rotatable bonds is 12. The predicted octanol–water partition coefficient (Wildman–Crippen LogP) is 13.9. The molecular weight excluding hydrogens is 825 g/mol. The van der Waals surface area contributed by atoms with Crippen molar-refractivity contribution in [1.29, 1.82) is 0 Å². The summed E-state index contributed by atoms with van der Waals surface area (Å²) in [5, 5.41) is 1.18. The van der Waals surface area contributed by atoms with Gasteiger partial charge in [0.25, 0.3) is 11.8 Å². The molecule has 8 rings (SSSR count). The predicted molar refractivity (Wildman–Crippen MR) is 256 cm³/mol. The van der Waals surface area contributed by atoms with Gasteiger partial charge in [0.15, 0.2) is 0 Å². The molecule has 0 N–H and O–H groups in total. The number of hydrogen-bond acceptors (Lipinski definition) is 9. The number of carbonyl (C=O) groups excluding carboxylic acids is 2. The van der Waals surface area contributed by atoms with Crippen molar-refractivity contribution in [3.8, 4) is 20.9 Å². The normalized spacial score (nSPS) is 18.2. The summed E-state index contributed by atoms with van der Waals surface area (Å²) in [4.78, 5) is 50.9. The Hall–Kier alpha value is -3.35. The molecule has 6 nitrogen and oxygen atoms in total.